The molecular formula is C21H17ClN2OS. The van der Waals surface area contributed by atoms with Crippen LogP contribution in [0.4, 0.5) is 5.13 Å². The topological polar surface area (TPSA) is 45.2 Å². The Morgan fingerprint density at radius 1 is 1.04 bits per heavy atom. The summed E-state index contributed by atoms with van der Waals surface area (Å²) in [6.07, 6.45) is 1.83. The van der Waals surface area contributed by atoms with Gasteiger partial charge in [0.2, 0.25) is 0 Å². The summed E-state index contributed by atoms with van der Waals surface area (Å²) in [6.45, 7) is 2.02. The highest BCUT2D eigenvalue weighted by molar-refractivity contribution is 7.15. The average Bonchev–Trinajstić information content (AvgIpc) is 3.06. The van der Waals surface area contributed by atoms with Crippen molar-refractivity contribution < 1.29 is 5.11 Å². The van der Waals surface area contributed by atoms with Crippen molar-refractivity contribution in [2.24, 2.45) is 0 Å². The Bertz CT molecular complexity index is 1080. The van der Waals surface area contributed by atoms with Crippen molar-refractivity contribution >= 4 is 38.8 Å². The predicted octanol–water partition coefficient (Wildman–Crippen LogP) is 6.17. The third-order valence-corrected chi connectivity index (χ3v) is 5.53. The maximum atomic E-state index is 10.7. The van der Waals surface area contributed by atoms with Crippen molar-refractivity contribution in [1.29, 1.82) is 0 Å². The average molecular weight is 381 g/mol. The minimum absolute atomic E-state index is 0.231. The number of benzene rings is 3. The third-order valence-electron chi connectivity index (χ3n) is 4.34. The second kappa shape index (κ2) is 6.98. The first-order valence-electron chi connectivity index (χ1n) is 8.27. The highest BCUT2D eigenvalue weighted by Gasteiger charge is 2.23. The molecule has 3 aromatic carbocycles. The van der Waals surface area contributed by atoms with Gasteiger partial charge in [-0.15, -0.1) is 11.3 Å². The molecule has 1 aromatic heterocycles. The fraction of sp³-hybridized carbons (Fsp3) is 0.0952. The van der Waals surface area contributed by atoms with Gasteiger partial charge >= 0.3 is 0 Å². The molecule has 2 N–H and O–H groups in total. The molecule has 0 spiro atoms. The Kier molecular flexibility index (Phi) is 4.53. The molecule has 3 nitrogen and oxygen atoms in total. The lowest BCUT2D eigenvalue weighted by Gasteiger charge is -2.23. The molecule has 0 saturated heterocycles. The van der Waals surface area contributed by atoms with Gasteiger partial charge in [-0.05, 0) is 35.4 Å². The number of nitrogens with zero attached hydrogens (tertiary/aromatic N) is 1. The highest BCUT2D eigenvalue weighted by atomic mass is 35.5. The Morgan fingerprint density at radius 2 is 1.81 bits per heavy atom. The first kappa shape index (κ1) is 16.9. The Labute approximate surface area is 160 Å². The van der Waals surface area contributed by atoms with Crippen LogP contribution in [0.3, 0.4) is 0 Å². The number of phenols is 1. The van der Waals surface area contributed by atoms with Gasteiger partial charge in [0.25, 0.3) is 0 Å². The summed E-state index contributed by atoms with van der Waals surface area (Å²) in [5.41, 5.74) is 1.69. The van der Waals surface area contributed by atoms with Crippen molar-refractivity contribution in [1.82, 2.24) is 4.98 Å². The van der Waals surface area contributed by atoms with Gasteiger partial charge in [-0.1, -0.05) is 60.1 Å². The van der Waals surface area contributed by atoms with E-state index in [1.54, 1.807) is 17.4 Å². The number of halogens is 1. The van der Waals surface area contributed by atoms with Gasteiger partial charge in [0.15, 0.2) is 5.13 Å². The number of aromatic hydroxyl groups is 1. The van der Waals surface area contributed by atoms with Crippen LogP contribution < -0.4 is 5.32 Å². The zero-order valence-corrected chi connectivity index (χ0v) is 15.7. The number of aromatic nitrogens is 1. The number of hydrogen-bond donors (Lipinski definition) is 2. The van der Waals surface area contributed by atoms with Crippen LogP contribution in [-0.4, -0.2) is 10.1 Å². The fourth-order valence-electron chi connectivity index (χ4n) is 3.15. The van der Waals surface area contributed by atoms with Crippen LogP contribution in [0.15, 0.2) is 66.9 Å². The maximum absolute atomic E-state index is 10.7. The molecule has 0 radical (unpaired) electrons. The monoisotopic (exact) mass is 380 g/mol. The first-order chi connectivity index (χ1) is 12.6. The van der Waals surface area contributed by atoms with E-state index in [0.717, 1.165) is 31.9 Å². The molecule has 0 fully saturated rings. The molecule has 4 rings (SSSR count). The molecular weight excluding hydrogens is 364 g/mol. The van der Waals surface area contributed by atoms with Crippen molar-refractivity contribution in [3.8, 4) is 5.75 Å². The van der Waals surface area contributed by atoms with Crippen LogP contribution in [-0.2, 0) is 0 Å². The summed E-state index contributed by atoms with van der Waals surface area (Å²) in [4.78, 5) is 5.55. The summed E-state index contributed by atoms with van der Waals surface area (Å²) in [6, 6.07) is 19.0. The van der Waals surface area contributed by atoms with Crippen molar-refractivity contribution in [2.45, 2.75) is 13.0 Å². The lowest BCUT2D eigenvalue weighted by Crippen LogP contribution is -2.13. The molecule has 0 aliphatic heterocycles. The van der Waals surface area contributed by atoms with Crippen LogP contribution in [0, 0.1) is 6.92 Å². The molecule has 0 saturated carbocycles. The first-order valence-corrected chi connectivity index (χ1v) is 9.47. The van der Waals surface area contributed by atoms with E-state index in [-0.39, 0.29) is 11.8 Å². The Morgan fingerprint density at radius 3 is 2.58 bits per heavy atom. The van der Waals surface area contributed by atoms with Gasteiger partial charge in [-0.3, -0.25) is 0 Å². The smallest absolute Gasteiger partial charge is 0.183 e. The van der Waals surface area contributed by atoms with E-state index in [1.165, 1.54) is 0 Å². The lowest BCUT2D eigenvalue weighted by molar-refractivity contribution is 0.468. The van der Waals surface area contributed by atoms with Crippen molar-refractivity contribution in [3.63, 3.8) is 0 Å². The van der Waals surface area contributed by atoms with Gasteiger partial charge in [-0.2, -0.15) is 0 Å². The van der Waals surface area contributed by atoms with Crippen LogP contribution in [0.1, 0.15) is 22.0 Å². The number of nitrogens with one attached hydrogen (secondary N) is 1. The maximum Gasteiger partial charge on any atom is 0.183 e. The SMILES string of the molecule is Cc1cnc(NC(c2ccccc2Cl)c2c(O)ccc3ccccc23)s1. The zero-order chi connectivity index (χ0) is 18.1. The van der Waals surface area contributed by atoms with Gasteiger partial charge in [0, 0.05) is 21.7 Å². The largest absolute Gasteiger partial charge is 0.508 e. The summed E-state index contributed by atoms with van der Waals surface area (Å²) in [5, 5.41) is 17.7. The number of thiazole rings is 1. The van der Waals surface area contributed by atoms with E-state index < -0.39 is 0 Å². The molecule has 5 heteroatoms. The van der Waals surface area contributed by atoms with E-state index in [4.69, 9.17) is 11.6 Å². The van der Waals surface area contributed by atoms with E-state index >= 15 is 0 Å². The second-order valence-electron chi connectivity index (χ2n) is 6.09. The number of fused-ring (bicyclic) bond motifs is 1. The quantitative estimate of drug-likeness (QED) is 0.445. The second-order valence-corrected chi connectivity index (χ2v) is 7.74. The normalized spacial score (nSPS) is 12.2. The molecule has 0 bridgehead atoms. The van der Waals surface area contributed by atoms with Crippen LogP contribution in [0.25, 0.3) is 10.8 Å². The molecule has 0 aliphatic rings. The van der Waals surface area contributed by atoms with Crippen LogP contribution in [0.2, 0.25) is 5.02 Å². The highest BCUT2D eigenvalue weighted by Crippen LogP contribution is 2.40. The summed E-state index contributed by atoms with van der Waals surface area (Å²) in [7, 11) is 0. The zero-order valence-electron chi connectivity index (χ0n) is 14.1. The minimum atomic E-state index is -0.319. The number of rotatable bonds is 4. The molecule has 1 atom stereocenters. The number of aryl methyl sites for hydroxylation is 1. The van der Waals surface area contributed by atoms with Crippen molar-refractivity contribution in [2.75, 3.05) is 5.32 Å². The minimum Gasteiger partial charge on any atom is -0.508 e. The molecule has 130 valence electrons. The van der Waals surface area contributed by atoms with Gasteiger partial charge < -0.3 is 10.4 Å². The summed E-state index contributed by atoms with van der Waals surface area (Å²) >= 11 is 8.08. The molecule has 0 amide bonds. The van der Waals surface area contributed by atoms with Gasteiger partial charge in [0.1, 0.15) is 5.75 Å². The Balaban J connectivity index is 1.94. The molecule has 1 unspecified atom stereocenters. The molecule has 1 heterocycles. The number of anilines is 1. The van der Waals surface area contributed by atoms with Gasteiger partial charge in [-0.25, -0.2) is 4.98 Å². The third kappa shape index (κ3) is 3.14. The molecule has 0 aliphatic carbocycles. The standard InChI is InChI=1S/C21H17ClN2OS/c1-13-12-23-21(26-13)24-20(16-8-4-5-9-17(16)22)19-15-7-3-2-6-14(15)10-11-18(19)25/h2-12,20,25H,1H3,(H,23,24). The summed E-state index contributed by atoms with van der Waals surface area (Å²) < 4.78 is 0. The van der Waals surface area contributed by atoms with Crippen LogP contribution >= 0.6 is 22.9 Å². The van der Waals surface area contributed by atoms with Crippen molar-refractivity contribution in [3.05, 3.63) is 87.9 Å². The summed E-state index contributed by atoms with van der Waals surface area (Å²) in [5.74, 6) is 0.231. The van der Waals surface area contributed by atoms with E-state index in [1.807, 2.05) is 67.7 Å². The lowest BCUT2D eigenvalue weighted by atomic mass is 9.93. The number of phenolic OH excluding ortho intramolecular Hbond substituents is 1. The molecule has 4 aromatic rings. The fourth-order valence-corrected chi connectivity index (χ4v) is 4.08. The van der Waals surface area contributed by atoms with Gasteiger partial charge in [0.05, 0.1) is 6.04 Å². The molecule has 26 heavy (non-hydrogen) atoms. The number of hydrogen-bond acceptors (Lipinski definition) is 4. The van der Waals surface area contributed by atoms with E-state index in [9.17, 15) is 5.11 Å². The predicted molar refractivity (Wildman–Crippen MR) is 109 cm³/mol. The van der Waals surface area contributed by atoms with Crippen LogP contribution in [0.5, 0.6) is 5.75 Å². The Hall–Kier alpha value is -2.56. The van der Waals surface area contributed by atoms with E-state index in [0.29, 0.717) is 5.02 Å². The van der Waals surface area contributed by atoms with E-state index in [2.05, 4.69) is 10.3 Å².